The molecule has 0 aliphatic heterocycles. The van der Waals surface area contributed by atoms with Gasteiger partial charge >= 0.3 is 9.28 Å². The Morgan fingerprint density at radius 3 is 1.86 bits per heavy atom. The third-order valence-corrected chi connectivity index (χ3v) is 10.4. The molecule has 0 atom stereocenters. The molecular formula is C9H25O2Si3. The molecule has 85 valence electrons. The van der Waals surface area contributed by atoms with Crippen molar-refractivity contribution >= 4 is 25.9 Å². The van der Waals surface area contributed by atoms with Crippen molar-refractivity contribution in [1.82, 2.24) is 0 Å². The predicted octanol–water partition coefficient (Wildman–Crippen LogP) is 3.59. The summed E-state index contributed by atoms with van der Waals surface area (Å²) < 4.78 is 12.1. The van der Waals surface area contributed by atoms with Crippen LogP contribution in [0.25, 0.3) is 0 Å². The molecule has 0 saturated heterocycles. The summed E-state index contributed by atoms with van der Waals surface area (Å²) in [6.45, 7) is 15.6. The first-order valence-electron chi connectivity index (χ1n) is 5.38. The van der Waals surface area contributed by atoms with Gasteiger partial charge in [0.2, 0.25) is 0 Å². The van der Waals surface area contributed by atoms with Gasteiger partial charge in [0.1, 0.15) is 0 Å². The smallest absolute Gasteiger partial charge is 0.359 e. The van der Waals surface area contributed by atoms with Crippen LogP contribution in [0.1, 0.15) is 13.3 Å². The van der Waals surface area contributed by atoms with Crippen LogP contribution in [0.4, 0.5) is 0 Å². The molecule has 0 unspecified atom stereocenters. The van der Waals surface area contributed by atoms with E-state index in [9.17, 15) is 0 Å². The summed E-state index contributed by atoms with van der Waals surface area (Å²) in [6, 6.07) is 1.24. The molecule has 0 heterocycles. The molecule has 0 bridgehead atoms. The topological polar surface area (TPSA) is 18.5 Å². The fourth-order valence-corrected chi connectivity index (χ4v) is 10.2. The first-order chi connectivity index (χ1) is 6.16. The average molecular weight is 250 g/mol. The van der Waals surface area contributed by atoms with Crippen LogP contribution < -0.4 is 0 Å². The Morgan fingerprint density at radius 2 is 1.50 bits per heavy atom. The first-order valence-corrected chi connectivity index (χ1v) is 13.7. The Bertz CT molecular complexity index is 166. The van der Waals surface area contributed by atoms with E-state index in [1.807, 2.05) is 0 Å². The zero-order chi connectivity index (χ0) is 11.4. The lowest BCUT2D eigenvalue weighted by Crippen LogP contribution is -2.42. The van der Waals surface area contributed by atoms with Crippen LogP contribution in [-0.2, 0) is 8.23 Å². The Hall–Kier alpha value is 0.571. The van der Waals surface area contributed by atoms with Crippen LogP contribution in [0, 0.1) is 0 Å². The quantitative estimate of drug-likeness (QED) is 0.670. The second-order valence-electron chi connectivity index (χ2n) is 5.32. The summed E-state index contributed by atoms with van der Waals surface area (Å²) in [5.74, 6) is 0. The number of hydrogen-bond donors (Lipinski definition) is 0. The molecule has 5 heteroatoms. The van der Waals surface area contributed by atoms with Crippen LogP contribution in [0.15, 0.2) is 0 Å². The van der Waals surface area contributed by atoms with E-state index >= 15 is 0 Å². The molecule has 0 N–H and O–H groups in total. The monoisotopic (exact) mass is 249 g/mol. The Morgan fingerprint density at radius 1 is 1.00 bits per heavy atom. The van der Waals surface area contributed by atoms with Gasteiger partial charge in [0.05, 0.1) is 0 Å². The van der Waals surface area contributed by atoms with Gasteiger partial charge in [0, 0.05) is 0 Å². The maximum atomic E-state index is 6.11. The lowest BCUT2D eigenvalue weighted by molar-refractivity contribution is 0.423. The van der Waals surface area contributed by atoms with Crippen LogP contribution in [0.3, 0.4) is 0 Å². The van der Waals surface area contributed by atoms with Crippen molar-refractivity contribution in [1.29, 1.82) is 0 Å². The van der Waals surface area contributed by atoms with Gasteiger partial charge in [0.25, 0.3) is 0 Å². The van der Waals surface area contributed by atoms with E-state index in [0.29, 0.717) is 0 Å². The second kappa shape index (κ2) is 5.60. The van der Waals surface area contributed by atoms with Crippen molar-refractivity contribution in [3.63, 3.8) is 0 Å². The van der Waals surface area contributed by atoms with E-state index < -0.39 is 25.9 Å². The third-order valence-electron chi connectivity index (χ3n) is 1.72. The van der Waals surface area contributed by atoms with E-state index in [-0.39, 0.29) is 0 Å². The van der Waals surface area contributed by atoms with Gasteiger partial charge in [0.15, 0.2) is 16.6 Å². The molecule has 0 aliphatic rings. The van der Waals surface area contributed by atoms with Crippen molar-refractivity contribution in [3.8, 4) is 0 Å². The second-order valence-corrected chi connectivity index (χ2v) is 16.2. The third kappa shape index (κ3) is 7.93. The Balaban J connectivity index is 3.98. The maximum absolute atomic E-state index is 6.11. The minimum Gasteiger partial charge on any atom is -0.436 e. The van der Waals surface area contributed by atoms with Gasteiger partial charge in [-0.15, -0.1) is 0 Å². The minimum absolute atomic E-state index is 1.00. The lowest BCUT2D eigenvalue weighted by atomic mass is 10.6. The van der Waals surface area contributed by atoms with E-state index in [1.165, 1.54) is 12.5 Å². The normalized spacial score (nSPS) is 13.7. The van der Waals surface area contributed by atoms with Crippen LogP contribution in [0.2, 0.25) is 45.3 Å². The molecule has 0 amide bonds. The summed E-state index contributed by atoms with van der Waals surface area (Å²) in [7, 11) is -3.83. The van der Waals surface area contributed by atoms with Crippen molar-refractivity contribution in [3.05, 3.63) is 0 Å². The minimum atomic E-state index is -1.42. The highest BCUT2D eigenvalue weighted by atomic mass is 28.4. The molecule has 0 aromatic carbocycles. The van der Waals surface area contributed by atoms with Crippen molar-refractivity contribution < 1.29 is 8.23 Å². The van der Waals surface area contributed by atoms with Gasteiger partial charge < -0.3 is 8.23 Å². The zero-order valence-electron chi connectivity index (χ0n) is 10.7. The summed E-state index contributed by atoms with van der Waals surface area (Å²) in [6.07, 6.45) is 1.22. The highest BCUT2D eigenvalue weighted by Gasteiger charge is 2.28. The summed E-state index contributed by atoms with van der Waals surface area (Å²) in [5, 5.41) is 0. The number of rotatable bonds is 6. The van der Waals surface area contributed by atoms with E-state index in [1.54, 1.807) is 0 Å². The largest absolute Gasteiger partial charge is 0.436 e. The van der Waals surface area contributed by atoms with Crippen LogP contribution >= 0.6 is 0 Å². The van der Waals surface area contributed by atoms with Crippen molar-refractivity contribution in [2.45, 2.75) is 58.7 Å². The highest BCUT2D eigenvalue weighted by molar-refractivity contribution is 6.81. The molecular weight excluding hydrogens is 224 g/mol. The fraction of sp³-hybridized carbons (Fsp3) is 1.00. The molecule has 2 nitrogen and oxygen atoms in total. The van der Waals surface area contributed by atoms with Gasteiger partial charge in [-0.1, -0.05) is 13.3 Å². The van der Waals surface area contributed by atoms with Crippen molar-refractivity contribution in [2.24, 2.45) is 0 Å². The maximum Gasteiger partial charge on any atom is 0.359 e. The number of hydrogen-bond acceptors (Lipinski definition) is 2. The molecule has 0 aromatic heterocycles. The van der Waals surface area contributed by atoms with Gasteiger partial charge in [-0.05, 0) is 45.3 Å². The van der Waals surface area contributed by atoms with Gasteiger partial charge in [-0.25, -0.2) is 0 Å². The van der Waals surface area contributed by atoms with E-state index in [0.717, 1.165) is 0 Å². The SMILES string of the molecule is CCC[Si](C)(C)O[Si](C)O[Si](C)(C)C. The molecule has 0 rings (SSSR count). The van der Waals surface area contributed by atoms with Crippen LogP contribution in [-0.4, -0.2) is 25.9 Å². The highest BCUT2D eigenvalue weighted by Crippen LogP contribution is 2.16. The van der Waals surface area contributed by atoms with E-state index in [2.05, 4.69) is 46.2 Å². The molecule has 1 radical (unpaired) electrons. The van der Waals surface area contributed by atoms with Gasteiger partial charge in [-0.3, -0.25) is 0 Å². The zero-order valence-corrected chi connectivity index (χ0v) is 13.7. The van der Waals surface area contributed by atoms with E-state index in [4.69, 9.17) is 8.23 Å². The fourth-order valence-electron chi connectivity index (χ4n) is 1.49. The molecule has 0 aliphatic carbocycles. The van der Waals surface area contributed by atoms with Crippen molar-refractivity contribution in [2.75, 3.05) is 0 Å². The predicted molar refractivity (Wildman–Crippen MR) is 69.7 cm³/mol. The average Bonchev–Trinajstić information content (AvgIpc) is 1.78. The van der Waals surface area contributed by atoms with Gasteiger partial charge in [-0.2, -0.15) is 0 Å². The summed E-state index contributed by atoms with van der Waals surface area (Å²) in [4.78, 5) is 0. The standard InChI is InChI=1S/C9H25O2Si3/c1-8-9-14(6,7)11-12(2)10-13(3,4)5/h8-9H2,1-7H3. The summed E-state index contributed by atoms with van der Waals surface area (Å²) >= 11 is 0. The summed E-state index contributed by atoms with van der Waals surface area (Å²) in [5.41, 5.74) is 0. The molecule has 0 saturated carbocycles. The lowest BCUT2D eigenvalue weighted by Gasteiger charge is -2.29. The molecule has 14 heavy (non-hydrogen) atoms. The molecule has 0 aromatic rings. The van der Waals surface area contributed by atoms with Crippen LogP contribution in [0.5, 0.6) is 0 Å². The first kappa shape index (κ1) is 14.6. The Labute approximate surface area is 93.1 Å². The molecule has 0 spiro atoms. The molecule has 0 fully saturated rings. The Kier molecular flexibility index (Phi) is 5.83.